The van der Waals surface area contributed by atoms with E-state index in [2.05, 4.69) is 32.9 Å². The number of hydrogen-bond donors (Lipinski definition) is 1. The van der Waals surface area contributed by atoms with E-state index in [9.17, 15) is 0 Å². The lowest BCUT2D eigenvalue weighted by Gasteiger charge is -2.39. The first kappa shape index (κ1) is 14.1. The van der Waals surface area contributed by atoms with E-state index in [1.807, 2.05) is 18.2 Å². The minimum absolute atomic E-state index is 0.0120. The lowest BCUT2D eigenvalue weighted by atomic mass is 9.70. The van der Waals surface area contributed by atoms with Gasteiger partial charge in [0.25, 0.3) is 0 Å². The van der Waals surface area contributed by atoms with Gasteiger partial charge in [0.05, 0.1) is 18.8 Å². The molecule has 0 spiro atoms. The van der Waals surface area contributed by atoms with Crippen molar-refractivity contribution in [3.05, 3.63) is 35.9 Å². The third-order valence-electron chi connectivity index (χ3n) is 6.42. The molecule has 2 bridgehead atoms. The van der Waals surface area contributed by atoms with Crippen molar-refractivity contribution in [3.8, 4) is 0 Å². The van der Waals surface area contributed by atoms with E-state index < -0.39 is 0 Å². The maximum Gasteiger partial charge on any atom is 0.0663 e. The van der Waals surface area contributed by atoms with Crippen molar-refractivity contribution in [2.24, 2.45) is 22.5 Å². The van der Waals surface area contributed by atoms with E-state index in [-0.39, 0.29) is 6.04 Å². The van der Waals surface area contributed by atoms with E-state index in [0.29, 0.717) is 23.5 Å². The minimum Gasteiger partial charge on any atom is -0.376 e. The van der Waals surface area contributed by atoms with Crippen molar-refractivity contribution in [1.82, 2.24) is 0 Å². The van der Waals surface area contributed by atoms with Crippen LogP contribution in [0.2, 0.25) is 0 Å². The summed E-state index contributed by atoms with van der Waals surface area (Å²) in [6.07, 6.45) is 4.26. The molecule has 0 aromatic heterocycles. The van der Waals surface area contributed by atoms with Gasteiger partial charge in [-0.2, -0.15) is 0 Å². The highest BCUT2D eigenvalue weighted by atomic mass is 16.5. The van der Waals surface area contributed by atoms with Crippen LogP contribution in [-0.2, 0) is 4.74 Å². The molecule has 4 atom stereocenters. The zero-order valence-electron chi connectivity index (χ0n) is 12.9. The van der Waals surface area contributed by atoms with Gasteiger partial charge in [0.2, 0.25) is 0 Å². The van der Waals surface area contributed by atoms with Crippen LogP contribution in [0.25, 0.3) is 0 Å². The SMILES string of the molecule is CC1(C)C2CCC1(C)C(OCC(N)c1ccccc1)C2. The van der Waals surface area contributed by atoms with Crippen molar-refractivity contribution >= 4 is 0 Å². The Morgan fingerprint density at radius 1 is 1.25 bits per heavy atom. The van der Waals surface area contributed by atoms with Gasteiger partial charge in [-0.1, -0.05) is 51.1 Å². The topological polar surface area (TPSA) is 35.2 Å². The molecule has 0 heterocycles. The first-order valence-electron chi connectivity index (χ1n) is 7.87. The standard InChI is InChI=1S/C18H27NO/c1-17(2)14-9-10-18(17,3)16(11-14)20-12-15(19)13-7-5-4-6-8-13/h4-8,14-16H,9-12,19H2,1-3H3. The molecular formula is C18H27NO. The molecule has 1 aromatic rings. The Balaban J connectivity index is 1.63. The van der Waals surface area contributed by atoms with Gasteiger partial charge >= 0.3 is 0 Å². The lowest BCUT2D eigenvalue weighted by Crippen LogP contribution is -2.38. The Hall–Kier alpha value is -0.860. The summed E-state index contributed by atoms with van der Waals surface area (Å²) in [5.41, 5.74) is 8.16. The molecule has 2 nitrogen and oxygen atoms in total. The van der Waals surface area contributed by atoms with Crippen LogP contribution in [0, 0.1) is 16.7 Å². The van der Waals surface area contributed by atoms with Crippen molar-refractivity contribution in [1.29, 1.82) is 0 Å². The second-order valence-corrected chi connectivity index (χ2v) is 7.45. The number of hydrogen-bond acceptors (Lipinski definition) is 2. The van der Waals surface area contributed by atoms with E-state index in [4.69, 9.17) is 10.5 Å². The van der Waals surface area contributed by atoms with E-state index in [0.717, 1.165) is 5.92 Å². The Labute approximate surface area is 122 Å². The molecule has 20 heavy (non-hydrogen) atoms. The van der Waals surface area contributed by atoms with Crippen molar-refractivity contribution in [2.45, 2.75) is 52.2 Å². The Morgan fingerprint density at radius 3 is 2.50 bits per heavy atom. The molecule has 2 N–H and O–H groups in total. The minimum atomic E-state index is -0.0120. The molecule has 2 fully saturated rings. The number of fused-ring (bicyclic) bond motifs is 2. The van der Waals surface area contributed by atoms with E-state index in [1.165, 1.54) is 24.8 Å². The fourth-order valence-electron chi connectivity index (χ4n) is 4.40. The molecule has 2 aliphatic carbocycles. The maximum atomic E-state index is 6.27. The van der Waals surface area contributed by atoms with Crippen LogP contribution >= 0.6 is 0 Å². The van der Waals surface area contributed by atoms with E-state index >= 15 is 0 Å². The van der Waals surface area contributed by atoms with Crippen LogP contribution in [0.15, 0.2) is 30.3 Å². The summed E-state index contributed by atoms with van der Waals surface area (Å²) in [4.78, 5) is 0. The van der Waals surface area contributed by atoms with Gasteiger partial charge in [0, 0.05) is 0 Å². The fourth-order valence-corrected chi connectivity index (χ4v) is 4.40. The Morgan fingerprint density at radius 2 is 1.95 bits per heavy atom. The third kappa shape index (κ3) is 2.01. The average Bonchev–Trinajstić information content (AvgIpc) is 2.78. The maximum absolute atomic E-state index is 6.27. The predicted molar refractivity (Wildman–Crippen MR) is 82.3 cm³/mol. The summed E-state index contributed by atoms with van der Waals surface area (Å²) < 4.78 is 6.27. The van der Waals surface area contributed by atoms with Crippen molar-refractivity contribution in [2.75, 3.05) is 6.61 Å². The van der Waals surface area contributed by atoms with Gasteiger partial charge in [-0.15, -0.1) is 0 Å². The highest BCUT2D eigenvalue weighted by molar-refractivity contribution is 5.18. The van der Waals surface area contributed by atoms with Gasteiger partial charge in [0.1, 0.15) is 0 Å². The average molecular weight is 273 g/mol. The van der Waals surface area contributed by atoms with Crippen LogP contribution < -0.4 is 5.73 Å². The third-order valence-corrected chi connectivity index (χ3v) is 6.42. The molecule has 0 saturated heterocycles. The summed E-state index contributed by atoms with van der Waals surface area (Å²) >= 11 is 0. The van der Waals surface area contributed by atoms with Gasteiger partial charge in [0.15, 0.2) is 0 Å². The van der Waals surface area contributed by atoms with Crippen LogP contribution in [0.3, 0.4) is 0 Å². The second kappa shape index (κ2) is 4.85. The normalized spacial score (nSPS) is 36.2. The monoisotopic (exact) mass is 273 g/mol. The van der Waals surface area contributed by atoms with Gasteiger partial charge in [-0.05, 0) is 41.6 Å². The molecule has 2 saturated carbocycles. The molecule has 0 radical (unpaired) electrons. The molecule has 0 aliphatic heterocycles. The smallest absolute Gasteiger partial charge is 0.0663 e. The summed E-state index contributed by atoms with van der Waals surface area (Å²) in [6, 6.07) is 10.3. The molecule has 4 unspecified atom stereocenters. The van der Waals surface area contributed by atoms with E-state index in [1.54, 1.807) is 0 Å². The number of benzene rings is 1. The van der Waals surface area contributed by atoms with Gasteiger partial charge in [-0.25, -0.2) is 0 Å². The van der Waals surface area contributed by atoms with Crippen molar-refractivity contribution < 1.29 is 4.74 Å². The fraction of sp³-hybridized carbons (Fsp3) is 0.667. The quantitative estimate of drug-likeness (QED) is 0.902. The second-order valence-electron chi connectivity index (χ2n) is 7.45. The molecule has 110 valence electrons. The summed E-state index contributed by atoms with van der Waals surface area (Å²) in [6.45, 7) is 7.89. The summed E-state index contributed by atoms with van der Waals surface area (Å²) in [7, 11) is 0. The Kier molecular flexibility index (Phi) is 3.42. The predicted octanol–water partition coefficient (Wildman–Crippen LogP) is 3.92. The van der Waals surface area contributed by atoms with Crippen LogP contribution in [0.1, 0.15) is 51.6 Å². The highest BCUT2D eigenvalue weighted by Crippen LogP contribution is 2.66. The van der Waals surface area contributed by atoms with Crippen LogP contribution in [0.5, 0.6) is 0 Å². The van der Waals surface area contributed by atoms with Crippen LogP contribution in [-0.4, -0.2) is 12.7 Å². The number of ether oxygens (including phenoxy) is 1. The molecule has 3 rings (SSSR count). The largest absolute Gasteiger partial charge is 0.376 e. The summed E-state index contributed by atoms with van der Waals surface area (Å²) in [5.74, 6) is 0.824. The van der Waals surface area contributed by atoms with Crippen molar-refractivity contribution in [3.63, 3.8) is 0 Å². The molecular weight excluding hydrogens is 246 g/mol. The zero-order valence-corrected chi connectivity index (χ0v) is 12.9. The summed E-state index contributed by atoms with van der Waals surface area (Å²) in [5, 5.41) is 0. The molecule has 1 aromatic carbocycles. The van der Waals surface area contributed by atoms with Gasteiger partial charge in [-0.3, -0.25) is 0 Å². The first-order chi connectivity index (χ1) is 9.45. The van der Waals surface area contributed by atoms with Gasteiger partial charge < -0.3 is 10.5 Å². The number of rotatable bonds is 4. The molecule has 2 aliphatic rings. The number of nitrogens with two attached hydrogens (primary N) is 1. The molecule has 0 amide bonds. The highest BCUT2D eigenvalue weighted by Gasteiger charge is 2.61. The lowest BCUT2D eigenvalue weighted by molar-refractivity contribution is -0.0510. The first-order valence-corrected chi connectivity index (χ1v) is 7.87. The zero-order chi connectivity index (χ0) is 14.4. The van der Waals surface area contributed by atoms with Crippen LogP contribution in [0.4, 0.5) is 0 Å². The Bertz CT molecular complexity index is 470. The molecule has 2 heteroatoms.